The van der Waals surface area contributed by atoms with Gasteiger partial charge in [-0.1, -0.05) is 42.2 Å². The number of thioether (sulfide) groups is 1. The number of hydrogen-bond donors (Lipinski definition) is 0. The van der Waals surface area contributed by atoms with Crippen molar-refractivity contribution < 1.29 is 14.3 Å². The Bertz CT molecular complexity index is 937. The molecule has 1 fully saturated rings. The van der Waals surface area contributed by atoms with Crippen LogP contribution in [0.4, 0.5) is 0 Å². The SMILES string of the molecule is COc1ccc(CN2C(=O)/C(=C/c3ccc4c(c3)CC(C)O4)SC2=S)cc1. The number of ether oxygens (including phenoxy) is 2. The fourth-order valence-corrected chi connectivity index (χ4v) is 4.49. The molecule has 27 heavy (non-hydrogen) atoms. The molecule has 2 aromatic rings. The Morgan fingerprint density at radius 2 is 2.07 bits per heavy atom. The molecule has 2 heterocycles. The Labute approximate surface area is 168 Å². The van der Waals surface area contributed by atoms with Gasteiger partial charge in [-0.15, -0.1) is 0 Å². The van der Waals surface area contributed by atoms with Gasteiger partial charge >= 0.3 is 0 Å². The van der Waals surface area contributed by atoms with E-state index in [0.29, 0.717) is 15.8 Å². The maximum absolute atomic E-state index is 12.8. The van der Waals surface area contributed by atoms with E-state index in [2.05, 4.69) is 13.0 Å². The van der Waals surface area contributed by atoms with Gasteiger partial charge in [0.05, 0.1) is 18.6 Å². The first-order valence-electron chi connectivity index (χ1n) is 8.71. The summed E-state index contributed by atoms with van der Waals surface area (Å²) in [6.45, 7) is 2.52. The molecular weight excluding hydrogens is 378 g/mol. The molecule has 0 N–H and O–H groups in total. The van der Waals surface area contributed by atoms with Crippen LogP contribution in [-0.4, -0.2) is 28.3 Å². The molecule has 0 saturated carbocycles. The summed E-state index contributed by atoms with van der Waals surface area (Å²) in [5.74, 6) is 1.68. The quantitative estimate of drug-likeness (QED) is 0.564. The first kappa shape index (κ1) is 18.1. The number of fused-ring (bicyclic) bond motifs is 1. The zero-order valence-electron chi connectivity index (χ0n) is 15.1. The number of thiocarbonyl (C=S) groups is 1. The maximum Gasteiger partial charge on any atom is 0.266 e. The van der Waals surface area contributed by atoms with Gasteiger partial charge in [-0.3, -0.25) is 9.69 Å². The number of carbonyl (C=O) groups is 1. The average molecular weight is 398 g/mol. The molecule has 0 radical (unpaired) electrons. The molecule has 0 bridgehead atoms. The highest BCUT2D eigenvalue weighted by Gasteiger charge is 2.32. The lowest BCUT2D eigenvalue weighted by molar-refractivity contribution is -0.122. The molecule has 1 amide bonds. The highest BCUT2D eigenvalue weighted by Crippen LogP contribution is 2.35. The molecule has 1 unspecified atom stereocenters. The van der Waals surface area contributed by atoms with Crippen LogP contribution in [0.3, 0.4) is 0 Å². The fraction of sp³-hybridized carbons (Fsp3) is 0.238. The van der Waals surface area contributed by atoms with Gasteiger partial charge in [-0.2, -0.15) is 0 Å². The molecule has 0 spiro atoms. The van der Waals surface area contributed by atoms with Gasteiger partial charge in [-0.25, -0.2) is 0 Å². The Morgan fingerprint density at radius 3 is 2.81 bits per heavy atom. The van der Waals surface area contributed by atoms with Crippen molar-refractivity contribution in [1.82, 2.24) is 4.90 Å². The molecule has 0 aliphatic carbocycles. The van der Waals surface area contributed by atoms with Crippen molar-refractivity contribution in [1.29, 1.82) is 0 Å². The topological polar surface area (TPSA) is 38.8 Å². The van der Waals surface area contributed by atoms with Crippen LogP contribution in [-0.2, 0) is 17.8 Å². The number of rotatable bonds is 4. The van der Waals surface area contributed by atoms with Crippen LogP contribution < -0.4 is 9.47 Å². The lowest BCUT2D eigenvalue weighted by atomic mass is 10.1. The molecule has 6 heteroatoms. The van der Waals surface area contributed by atoms with E-state index >= 15 is 0 Å². The standard InChI is InChI=1S/C21H19NO3S2/c1-13-9-16-10-15(5-8-18(16)25-13)11-19-20(23)22(21(26)27-19)12-14-3-6-17(24-2)7-4-14/h3-8,10-11,13H,9,12H2,1-2H3/b19-11-. The van der Waals surface area contributed by atoms with E-state index in [1.165, 1.54) is 17.3 Å². The second kappa shape index (κ2) is 7.37. The van der Waals surface area contributed by atoms with Crippen molar-refractivity contribution in [2.45, 2.75) is 26.0 Å². The van der Waals surface area contributed by atoms with Crippen LogP contribution in [0.5, 0.6) is 11.5 Å². The van der Waals surface area contributed by atoms with E-state index in [0.717, 1.165) is 29.0 Å². The smallest absolute Gasteiger partial charge is 0.266 e. The molecule has 1 saturated heterocycles. The highest BCUT2D eigenvalue weighted by molar-refractivity contribution is 8.26. The molecule has 138 valence electrons. The van der Waals surface area contributed by atoms with Crippen molar-refractivity contribution in [3.05, 3.63) is 64.1 Å². The Morgan fingerprint density at radius 1 is 1.30 bits per heavy atom. The zero-order chi connectivity index (χ0) is 19.0. The van der Waals surface area contributed by atoms with Crippen molar-refractivity contribution in [2.75, 3.05) is 7.11 Å². The van der Waals surface area contributed by atoms with Gasteiger partial charge in [0.1, 0.15) is 21.9 Å². The Balaban J connectivity index is 1.52. The van der Waals surface area contributed by atoms with Crippen LogP contribution in [0.1, 0.15) is 23.6 Å². The summed E-state index contributed by atoms with van der Waals surface area (Å²) >= 11 is 6.79. The number of benzene rings is 2. The van der Waals surface area contributed by atoms with E-state index in [4.69, 9.17) is 21.7 Å². The molecule has 4 nitrogen and oxygen atoms in total. The second-order valence-corrected chi connectivity index (χ2v) is 8.29. The zero-order valence-corrected chi connectivity index (χ0v) is 16.7. The predicted molar refractivity (Wildman–Crippen MR) is 112 cm³/mol. The first-order valence-corrected chi connectivity index (χ1v) is 9.94. The number of methoxy groups -OCH3 is 1. The summed E-state index contributed by atoms with van der Waals surface area (Å²) in [6, 6.07) is 13.7. The van der Waals surface area contributed by atoms with Gasteiger partial charge < -0.3 is 9.47 Å². The summed E-state index contributed by atoms with van der Waals surface area (Å²) in [4.78, 5) is 15.1. The minimum absolute atomic E-state index is 0.0501. The summed E-state index contributed by atoms with van der Waals surface area (Å²) in [5.41, 5.74) is 3.19. The summed E-state index contributed by atoms with van der Waals surface area (Å²) in [7, 11) is 1.63. The maximum atomic E-state index is 12.8. The summed E-state index contributed by atoms with van der Waals surface area (Å²) in [5, 5.41) is 0. The minimum atomic E-state index is -0.0501. The third-order valence-electron chi connectivity index (χ3n) is 4.59. The largest absolute Gasteiger partial charge is 0.497 e. The molecule has 2 aromatic carbocycles. The summed E-state index contributed by atoms with van der Waals surface area (Å²) < 4.78 is 11.5. The van der Waals surface area contributed by atoms with Gasteiger partial charge in [-0.05, 0) is 54.0 Å². The third kappa shape index (κ3) is 3.73. The number of amides is 1. The molecule has 0 aromatic heterocycles. The molecule has 2 aliphatic rings. The first-order chi connectivity index (χ1) is 13.0. The molecule has 2 aliphatic heterocycles. The highest BCUT2D eigenvalue weighted by atomic mass is 32.2. The molecular formula is C21H19NO3S2. The van der Waals surface area contributed by atoms with E-state index in [1.807, 2.05) is 42.5 Å². The van der Waals surface area contributed by atoms with Crippen LogP contribution in [0.25, 0.3) is 6.08 Å². The number of carbonyl (C=O) groups excluding carboxylic acids is 1. The van der Waals surface area contributed by atoms with E-state index in [1.54, 1.807) is 12.0 Å². The summed E-state index contributed by atoms with van der Waals surface area (Å²) in [6.07, 6.45) is 3.02. The van der Waals surface area contributed by atoms with Gasteiger partial charge in [0.25, 0.3) is 5.91 Å². The van der Waals surface area contributed by atoms with Gasteiger partial charge in [0.2, 0.25) is 0 Å². The van der Waals surface area contributed by atoms with Crippen LogP contribution >= 0.6 is 24.0 Å². The normalized spacial score (nSPS) is 20.1. The van der Waals surface area contributed by atoms with E-state index in [-0.39, 0.29) is 12.0 Å². The number of hydrogen-bond acceptors (Lipinski definition) is 5. The van der Waals surface area contributed by atoms with E-state index in [9.17, 15) is 4.79 Å². The van der Waals surface area contributed by atoms with Crippen molar-refractivity contribution >= 4 is 40.3 Å². The lowest BCUT2D eigenvalue weighted by Crippen LogP contribution is -2.27. The third-order valence-corrected chi connectivity index (χ3v) is 5.97. The number of nitrogens with zero attached hydrogens (tertiary/aromatic N) is 1. The van der Waals surface area contributed by atoms with Crippen molar-refractivity contribution in [2.24, 2.45) is 0 Å². The van der Waals surface area contributed by atoms with Crippen LogP contribution in [0.15, 0.2) is 47.4 Å². The van der Waals surface area contributed by atoms with Gasteiger partial charge in [0.15, 0.2) is 0 Å². The monoisotopic (exact) mass is 397 g/mol. The van der Waals surface area contributed by atoms with Gasteiger partial charge in [0, 0.05) is 6.42 Å². The second-order valence-electron chi connectivity index (χ2n) is 6.62. The van der Waals surface area contributed by atoms with Crippen molar-refractivity contribution in [3.63, 3.8) is 0 Å². The average Bonchev–Trinajstić information content (AvgIpc) is 3.15. The fourth-order valence-electron chi connectivity index (χ4n) is 3.23. The van der Waals surface area contributed by atoms with E-state index < -0.39 is 0 Å². The lowest BCUT2D eigenvalue weighted by Gasteiger charge is -2.14. The Hall–Kier alpha value is -2.31. The molecule has 1 atom stereocenters. The van der Waals surface area contributed by atoms with Crippen LogP contribution in [0.2, 0.25) is 0 Å². The minimum Gasteiger partial charge on any atom is -0.497 e. The van der Waals surface area contributed by atoms with Crippen molar-refractivity contribution in [3.8, 4) is 11.5 Å². The predicted octanol–water partition coefficient (Wildman–Crippen LogP) is 4.42. The Kier molecular flexibility index (Phi) is 4.93. The van der Waals surface area contributed by atoms with Crippen LogP contribution in [0, 0.1) is 0 Å². The molecule has 4 rings (SSSR count).